The normalized spacial score (nSPS) is 14.0. The Morgan fingerprint density at radius 2 is 2.00 bits per heavy atom. The molecule has 0 radical (unpaired) electrons. The third kappa shape index (κ3) is 4.46. The summed E-state index contributed by atoms with van der Waals surface area (Å²) in [6, 6.07) is 7.79. The van der Waals surface area contributed by atoms with Crippen LogP contribution in [0.4, 0.5) is 0 Å². The average Bonchev–Trinajstić information content (AvgIpc) is 2.28. The van der Waals surface area contributed by atoms with Gasteiger partial charge in [0.25, 0.3) is 0 Å². The minimum absolute atomic E-state index is 0.135. The Bertz CT molecular complexity index is 386. The molecule has 1 rings (SSSR count). The molecule has 0 spiro atoms. The summed E-state index contributed by atoms with van der Waals surface area (Å²) in [6.07, 6.45) is 1.55. The molecular weight excluding hydrogens is 331 g/mol. The summed E-state index contributed by atoms with van der Waals surface area (Å²) in [7, 11) is 0. The molecule has 2 unspecified atom stereocenters. The van der Waals surface area contributed by atoms with Crippen molar-refractivity contribution in [1.29, 1.82) is 0 Å². The van der Waals surface area contributed by atoms with Crippen molar-refractivity contribution in [2.24, 2.45) is 11.8 Å². The second kappa shape index (κ2) is 6.74. The van der Waals surface area contributed by atoms with Gasteiger partial charge in [0, 0.05) is 9.99 Å². The van der Waals surface area contributed by atoms with Gasteiger partial charge in [0.05, 0.1) is 5.92 Å². The highest BCUT2D eigenvalue weighted by atomic mass is 127. The fourth-order valence-corrected chi connectivity index (χ4v) is 2.08. The number of carbonyl (C=O) groups is 2. The van der Waals surface area contributed by atoms with E-state index < -0.39 is 11.9 Å². The number of carboxylic acids is 1. The molecule has 1 aromatic carbocycles. The zero-order valence-electron chi connectivity index (χ0n) is 9.60. The molecule has 0 aliphatic rings. The van der Waals surface area contributed by atoms with Crippen molar-refractivity contribution in [1.82, 2.24) is 0 Å². The van der Waals surface area contributed by atoms with Crippen LogP contribution >= 0.6 is 22.6 Å². The predicted octanol–water partition coefficient (Wildman–Crippen LogP) is 2.76. The molecule has 0 saturated heterocycles. The summed E-state index contributed by atoms with van der Waals surface area (Å²) >= 11 is 2.21. The lowest BCUT2D eigenvalue weighted by Gasteiger charge is -2.18. The van der Waals surface area contributed by atoms with Crippen LogP contribution in [0.15, 0.2) is 24.3 Å². The van der Waals surface area contributed by atoms with Crippen LogP contribution in [0.2, 0.25) is 0 Å². The SMILES string of the molecule is CC(CC=O)C(Cc1ccc(I)cc1)C(=O)O. The smallest absolute Gasteiger partial charge is 0.307 e. The van der Waals surface area contributed by atoms with Crippen LogP contribution in [-0.4, -0.2) is 17.4 Å². The van der Waals surface area contributed by atoms with Crippen molar-refractivity contribution < 1.29 is 14.7 Å². The summed E-state index contributed by atoms with van der Waals surface area (Å²) in [4.78, 5) is 21.6. The van der Waals surface area contributed by atoms with Crippen molar-refractivity contribution >= 4 is 34.8 Å². The third-order valence-electron chi connectivity index (χ3n) is 2.84. The largest absolute Gasteiger partial charge is 0.481 e. The van der Waals surface area contributed by atoms with Crippen molar-refractivity contribution in [3.05, 3.63) is 33.4 Å². The third-order valence-corrected chi connectivity index (χ3v) is 3.56. The van der Waals surface area contributed by atoms with Crippen LogP contribution in [0, 0.1) is 15.4 Å². The number of hydrogen-bond donors (Lipinski definition) is 1. The van der Waals surface area contributed by atoms with Gasteiger partial charge in [0.15, 0.2) is 0 Å². The maximum Gasteiger partial charge on any atom is 0.307 e. The van der Waals surface area contributed by atoms with Crippen LogP contribution in [0.3, 0.4) is 0 Å². The quantitative estimate of drug-likeness (QED) is 0.637. The van der Waals surface area contributed by atoms with Gasteiger partial charge in [-0.3, -0.25) is 4.79 Å². The van der Waals surface area contributed by atoms with E-state index in [-0.39, 0.29) is 5.92 Å². The Balaban J connectivity index is 2.76. The number of aldehydes is 1. The van der Waals surface area contributed by atoms with E-state index in [0.717, 1.165) is 15.4 Å². The molecule has 92 valence electrons. The average molecular weight is 346 g/mol. The van der Waals surface area contributed by atoms with Gasteiger partial charge in [-0.15, -0.1) is 0 Å². The van der Waals surface area contributed by atoms with E-state index in [1.54, 1.807) is 6.92 Å². The summed E-state index contributed by atoms with van der Waals surface area (Å²) in [5.74, 6) is -1.47. The molecule has 4 heteroatoms. The lowest BCUT2D eigenvalue weighted by Crippen LogP contribution is -2.24. The van der Waals surface area contributed by atoms with Gasteiger partial charge in [-0.2, -0.15) is 0 Å². The van der Waals surface area contributed by atoms with Gasteiger partial charge in [-0.05, 0) is 52.6 Å². The molecule has 0 amide bonds. The zero-order valence-corrected chi connectivity index (χ0v) is 11.8. The van der Waals surface area contributed by atoms with Crippen LogP contribution in [0.1, 0.15) is 18.9 Å². The van der Waals surface area contributed by atoms with Crippen molar-refractivity contribution in [3.63, 3.8) is 0 Å². The number of carboxylic acid groups (broad SMARTS) is 1. The second-order valence-electron chi connectivity index (χ2n) is 4.15. The van der Waals surface area contributed by atoms with E-state index in [0.29, 0.717) is 12.8 Å². The number of hydrogen-bond acceptors (Lipinski definition) is 2. The van der Waals surface area contributed by atoms with E-state index in [1.807, 2.05) is 24.3 Å². The number of benzene rings is 1. The first-order valence-electron chi connectivity index (χ1n) is 5.45. The maximum absolute atomic E-state index is 11.2. The summed E-state index contributed by atoms with van der Waals surface area (Å²) < 4.78 is 1.12. The molecule has 2 atom stereocenters. The van der Waals surface area contributed by atoms with Gasteiger partial charge in [0.1, 0.15) is 6.29 Å². The molecule has 0 heterocycles. The number of aliphatic carboxylic acids is 1. The van der Waals surface area contributed by atoms with Gasteiger partial charge in [-0.25, -0.2) is 0 Å². The molecule has 1 N–H and O–H groups in total. The Hall–Kier alpha value is -0.910. The first-order valence-corrected chi connectivity index (χ1v) is 6.53. The van der Waals surface area contributed by atoms with E-state index in [1.165, 1.54) is 0 Å². The van der Waals surface area contributed by atoms with Crippen molar-refractivity contribution in [3.8, 4) is 0 Å². The van der Waals surface area contributed by atoms with Gasteiger partial charge >= 0.3 is 5.97 Å². The Labute approximate surface area is 114 Å². The minimum atomic E-state index is -0.835. The lowest BCUT2D eigenvalue weighted by atomic mass is 9.86. The van der Waals surface area contributed by atoms with E-state index in [9.17, 15) is 9.59 Å². The Morgan fingerprint density at radius 3 is 2.47 bits per heavy atom. The summed E-state index contributed by atoms with van der Waals surface area (Å²) in [6.45, 7) is 1.81. The topological polar surface area (TPSA) is 54.4 Å². The first-order chi connectivity index (χ1) is 8.04. The van der Waals surface area contributed by atoms with Crippen molar-refractivity contribution in [2.45, 2.75) is 19.8 Å². The second-order valence-corrected chi connectivity index (χ2v) is 5.40. The Kier molecular flexibility index (Phi) is 5.61. The molecule has 0 aliphatic heterocycles. The summed E-state index contributed by atoms with van der Waals surface area (Å²) in [5, 5.41) is 9.17. The number of rotatable bonds is 6. The van der Waals surface area contributed by atoms with Crippen molar-refractivity contribution in [2.75, 3.05) is 0 Å². The lowest BCUT2D eigenvalue weighted by molar-refractivity contribution is -0.143. The molecule has 0 aliphatic carbocycles. The van der Waals surface area contributed by atoms with Gasteiger partial charge in [0.2, 0.25) is 0 Å². The highest BCUT2D eigenvalue weighted by molar-refractivity contribution is 14.1. The highest BCUT2D eigenvalue weighted by Crippen LogP contribution is 2.20. The monoisotopic (exact) mass is 346 g/mol. The van der Waals surface area contributed by atoms with Crippen LogP contribution in [0.25, 0.3) is 0 Å². The highest BCUT2D eigenvalue weighted by Gasteiger charge is 2.24. The first kappa shape index (κ1) is 14.2. The van der Waals surface area contributed by atoms with Crippen LogP contribution in [-0.2, 0) is 16.0 Å². The molecule has 0 saturated carbocycles. The fraction of sp³-hybridized carbons (Fsp3) is 0.385. The molecule has 0 bridgehead atoms. The molecule has 1 aromatic rings. The fourth-order valence-electron chi connectivity index (χ4n) is 1.72. The number of halogens is 1. The minimum Gasteiger partial charge on any atom is -0.481 e. The van der Waals surface area contributed by atoms with E-state index in [4.69, 9.17) is 5.11 Å². The maximum atomic E-state index is 11.2. The number of carbonyl (C=O) groups excluding carboxylic acids is 1. The molecular formula is C13H15IO3. The summed E-state index contributed by atoms with van der Waals surface area (Å²) in [5.41, 5.74) is 0.996. The Morgan fingerprint density at radius 1 is 1.41 bits per heavy atom. The molecule has 0 aromatic heterocycles. The van der Waals surface area contributed by atoms with E-state index >= 15 is 0 Å². The van der Waals surface area contributed by atoms with Gasteiger partial charge in [-0.1, -0.05) is 19.1 Å². The van der Waals surface area contributed by atoms with E-state index in [2.05, 4.69) is 22.6 Å². The zero-order chi connectivity index (χ0) is 12.8. The molecule has 0 fully saturated rings. The molecule has 17 heavy (non-hydrogen) atoms. The van der Waals surface area contributed by atoms with Crippen LogP contribution in [0.5, 0.6) is 0 Å². The van der Waals surface area contributed by atoms with Gasteiger partial charge < -0.3 is 9.90 Å². The molecule has 3 nitrogen and oxygen atoms in total. The predicted molar refractivity (Wildman–Crippen MR) is 73.8 cm³/mol. The standard InChI is InChI=1S/C13H15IO3/c1-9(6-7-15)12(13(16)17)8-10-2-4-11(14)5-3-10/h2-5,7,9,12H,6,8H2,1H3,(H,16,17). The van der Waals surface area contributed by atoms with Crippen LogP contribution < -0.4 is 0 Å².